The predicted molar refractivity (Wildman–Crippen MR) is 123 cm³/mol. The summed E-state index contributed by atoms with van der Waals surface area (Å²) >= 11 is 0. The van der Waals surface area contributed by atoms with Crippen molar-refractivity contribution in [3.05, 3.63) is 65.2 Å². The Labute approximate surface area is 193 Å². The summed E-state index contributed by atoms with van der Waals surface area (Å²) in [5, 5.41) is 11.2. The molecule has 2 aromatic rings. The third-order valence-electron chi connectivity index (χ3n) is 5.91. The van der Waals surface area contributed by atoms with Gasteiger partial charge in [-0.2, -0.15) is 0 Å². The first kappa shape index (κ1) is 22.9. The Bertz CT molecular complexity index is 1020. The largest absolute Gasteiger partial charge is 0.507 e. The number of benzene rings is 2. The van der Waals surface area contributed by atoms with Gasteiger partial charge in [0.1, 0.15) is 17.3 Å². The molecule has 7 nitrogen and oxygen atoms in total. The summed E-state index contributed by atoms with van der Waals surface area (Å²) in [6.45, 7) is 5.80. The van der Waals surface area contributed by atoms with E-state index < -0.39 is 17.7 Å². The molecule has 2 aromatic carbocycles. The fourth-order valence-corrected chi connectivity index (χ4v) is 4.37. The first-order chi connectivity index (χ1) is 16.0. The molecule has 2 unspecified atom stereocenters. The number of ketones is 1. The van der Waals surface area contributed by atoms with E-state index in [0.29, 0.717) is 43.4 Å². The van der Waals surface area contributed by atoms with E-state index in [2.05, 4.69) is 0 Å². The first-order valence-electron chi connectivity index (χ1n) is 11.4. The number of aliphatic hydroxyl groups excluding tert-OH is 1. The van der Waals surface area contributed by atoms with Crippen LogP contribution in [0, 0.1) is 0 Å². The van der Waals surface area contributed by atoms with Crippen molar-refractivity contribution >= 4 is 17.4 Å². The van der Waals surface area contributed by atoms with E-state index >= 15 is 0 Å². The van der Waals surface area contributed by atoms with Crippen molar-refractivity contribution in [3.63, 3.8) is 0 Å². The third kappa shape index (κ3) is 4.73. The number of nitrogens with zero attached hydrogens (tertiary/aromatic N) is 1. The van der Waals surface area contributed by atoms with Gasteiger partial charge < -0.3 is 24.2 Å². The zero-order valence-corrected chi connectivity index (χ0v) is 19.0. The summed E-state index contributed by atoms with van der Waals surface area (Å²) in [7, 11) is 0. The highest BCUT2D eigenvalue weighted by Crippen LogP contribution is 2.40. The minimum absolute atomic E-state index is 0.0753. The Kier molecular flexibility index (Phi) is 6.99. The molecule has 2 heterocycles. The van der Waals surface area contributed by atoms with Gasteiger partial charge in [-0.25, -0.2) is 0 Å². The van der Waals surface area contributed by atoms with Crippen molar-refractivity contribution < 1.29 is 28.9 Å². The number of amides is 1. The number of rotatable bonds is 8. The number of aliphatic hydroxyl groups is 1. The van der Waals surface area contributed by atoms with Gasteiger partial charge in [-0.15, -0.1) is 0 Å². The second kappa shape index (κ2) is 10.1. The van der Waals surface area contributed by atoms with Crippen LogP contribution in [-0.2, 0) is 14.3 Å². The molecule has 0 aromatic heterocycles. The lowest BCUT2D eigenvalue weighted by molar-refractivity contribution is -0.140. The van der Waals surface area contributed by atoms with E-state index in [1.807, 2.05) is 38.1 Å². The second-order valence-corrected chi connectivity index (χ2v) is 8.05. The van der Waals surface area contributed by atoms with Crippen LogP contribution in [-0.4, -0.2) is 54.2 Å². The minimum atomic E-state index is -0.712. The minimum Gasteiger partial charge on any atom is -0.507 e. The molecular weight excluding hydrogens is 422 g/mol. The van der Waals surface area contributed by atoms with Crippen LogP contribution in [0.15, 0.2) is 54.1 Å². The van der Waals surface area contributed by atoms with Crippen molar-refractivity contribution in [3.8, 4) is 11.5 Å². The molecule has 0 radical (unpaired) electrons. The van der Waals surface area contributed by atoms with Crippen molar-refractivity contribution in [1.82, 2.24) is 4.90 Å². The summed E-state index contributed by atoms with van der Waals surface area (Å²) in [5.41, 5.74) is 1.25. The Balaban J connectivity index is 1.75. The highest BCUT2D eigenvalue weighted by molar-refractivity contribution is 6.46. The van der Waals surface area contributed by atoms with E-state index in [0.717, 1.165) is 18.4 Å². The average molecular weight is 452 g/mol. The van der Waals surface area contributed by atoms with Gasteiger partial charge >= 0.3 is 0 Å². The molecule has 2 aliphatic rings. The molecule has 1 amide bonds. The molecule has 0 saturated carbocycles. The standard InChI is InChI=1S/C26H29NO6/c1-3-31-19-11-7-17(8-12-19)23-22(24(28)18-9-13-20(14-10-18)32-4-2)25(29)26(30)27(23)16-21-6-5-15-33-21/h7-14,21,23,28H,3-6,15-16H2,1-2H3/b24-22+. The van der Waals surface area contributed by atoms with Crippen molar-refractivity contribution in [2.75, 3.05) is 26.4 Å². The number of Topliss-reactive ketones (excluding diaryl/α,β-unsaturated/α-hetero) is 1. The predicted octanol–water partition coefficient (Wildman–Crippen LogP) is 4.08. The van der Waals surface area contributed by atoms with Gasteiger partial charge in [-0.05, 0) is 68.7 Å². The molecular formula is C26H29NO6. The monoisotopic (exact) mass is 451 g/mol. The molecule has 1 N–H and O–H groups in total. The maximum Gasteiger partial charge on any atom is 0.295 e. The van der Waals surface area contributed by atoms with Crippen LogP contribution in [0.2, 0.25) is 0 Å². The summed E-state index contributed by atoms with van der Waals surface area (Å²) in [6, 6.07) is 13.4. The van der Waals surface area contributed by atoms with Crippen molar-refractivity contribution in [1.29, 1.82) is 0 Å². The number of carbonyl (C=O) groups excluding carboxylic acids is 2. The smallest absolute Gasteiger partial charge is 0.295 e. The Morgan fingerprint density at radius 3 is 2.15 bits per heavy atom. The lowest BCUT2D eigenvalue weighted by Crippen LogP contribution is -2.36. The van der Waals surface area contributed by atoms with Gasteiger partial charge in [-0.1, -0.05) is 12.1 Å². The van der Waals surface area contributed by atoms with Gasteiger partial charge in [0.05, 0.1) is 30.9 Å². The SMILES string of the molecule is CCOc1ccc(/C(O)=C2\C(=O)C(=O)N(CC3CCCO3)C2c2ccc(OCC)cc2)cc1. The number of ether oxygens (including phenoxy) is 3. The molecule has 2 atom stereocenters. The molecule has 33 heavy (non-hydrogen) atoms. The molecule has 174 valence electrons. The van der Waals surface area contributed by atoms with Crippen LogP contribution in [0.25, 0.3) is 5.76 Å². The topological polar surface area (TPSA) is 85.3 Å². The summed E-state index contributed by atoms with van der Waals surface area (Å²) in [6.07, 6.45) is 1.63. The lowest BCUT2D eigenvalue weighted by atomic mass is 9.95. The Morgan fingerprint density at radius 2 is 1.61 bits per heavy atom. The van der Waals surface area contributed by atoms with Crippen LogP contribution in [0.4, 0.5) is 0 Å². The van der Waals surface area contributed by atoms with Gasteiger partial charge in [0.2, 0.25) is 0 Å². The molecule has 2 fully saturated rings. The van der Waals surface area contributed by atoms with E-state index in [4.69, 9.17) is 14.2 Å². The quantitative estimate of drug-likeness (QED) is 0.370. The highest BCUT2D eigenvalue weighted by Gasteiger charge is 2.47. The van der Waals surface area contributed by atoms with E-state index in [1.165, 1.54) is 4.90 Å². The third-order valence-corrected chi connectivity index (χ3v) is 5.91. The number of likely N-dealkylation sites (tertiary alicyclic amines) is 1. The van der Waals surface area contributed by atoms with Crippen molar-refractivity contribution in [2.45, 2.75) is 38.8 Å². The fraction of sp³-hybridized carbons (Fsp3) is 0.385. The van der Waals surface area contributed by atoms with Crippen LogP contribution >= 0.6 is 0 Å². The highest BCUT2D eigenvalue weighted by atomic mass is 16.5. The summed E-state index contributed by atoms with van der Waals surface area (Å²) in [5.74, 6) is -0.167. The average Bonchev–Trinajstić information content (AvgIpc) is 3.43. The van der Waals surface area contributed by atoms with Gasteiger partial charge in [0, 0.05) is 18.7 Å². The molecule has 2 saturated heterocycles. The van der Waals surface area contributed by atoms with Crippen LogP contribution < -0.4 is 9.47 Å². The molecule has 7 heteroatoms. The first-order valence-corrected chi connectivity index (χ1v) is 11.4. The maximum atomic E-state index is 13.1. The molecule has 0 bridgehead atoms. The zero-order valence-electron chi connectivity index (χ0n) is 19.0. The van der Waals surface area contributed by atoms with Gasteiger partial charge in [0.25, 0.3) is 11.7 Å². The molecule has 0 spiro atoms. The van der Waals surface area contributed by atoms with Crippen LogP contribution in [0.1, 0.15) is 43.9 Å². The summed E-state index contributed by atoms with van der Waals surface area (Å²) in [4.78, 5) is 27.7. The van der Waals surface area contributed by atoms with Crippen LogP contribution in [0.5, 0.6) is 11.5 Å². The van der Waals surface area contributed by atoms with Crippen LogP contribution in [0.3, 0.4) is 0 Å². The Hall–Kier alpha value is -3.32. The zero-order chi connectivity index (χ0) is 23.4. The van der Waals surface area contributed by atoms with Crippen molar-refractivity contribution in [2.24, 2.45) is 0 Å². The lowest BCUT2D eigenvalue weighted by Gasteiger charge is -2.27. The second-order valence-electron chi connectivity index (χ2n) is 8.05. The Morgan fingerprint density at radius 1 is 1.00 bits per heavy atom. The van der Waals surface area contributed by atoms with E-state index in [9.17, 15) is 14.7 Å². The number of carbonyl (C=O) groups is 2. The van der Waals surface area contributed by atoms with E-state index in [-0.39, 0.29) is 17.4 Å². The normalized spacial score (nSPS) is 22.1. The molecule has 4 rings (SSSR count). The maximum absolute atomic E-state index is 13.1. The molecule has 0 aliphatic carbocycles. The number of hydrogen-bond donors (Lipinski definition) is 1. The van der Waals surface area contributed by atoms with E-state index in [1.54, 1.807) is 24.3 Å². The summed E-state index contributed by atoms with van der Waals surface area (Å²) < 4.78 is 16.7. The fourth-order valence-electron chi connectivity index (χ4n) is 4.37. The molecule has 2 aliphatic heterocycles. The van der Waals surface area contributed by atoms with Gasteiger partial charge in [0.15, 0.2) is 0 Å². The van der Waals surface area contributed by atoms with Gasteiger partial charge in [-0.3, -0.25) is 9.59 Å². The number of hydrogen-bond acceptors (Lipinski definition) is 6.